The molecule has 1 atom stereocenters. The van der Waals surface area contributed by atoms with Crippen LogP contribution >= 0.6 is 0 Å². The minimum atomic E-state index is -1.61. The van der Waals surface area contributed by atoms with Crippen molar-refractivity contribution in [3.63, 3.8) is 0 Å². The molecule has 1 amide bonds. The largest absolute Gasteiger partial charge is 0.480 e. The van der Waals surface area contributed by atoms with Crippen molar-refractivity contribution in [3.8, 4) is 0 Å². The number of hydrogen-bond donors (Lipinski definition) is 2. The van der Waals surface area contributed by atoms with E-state index in [1.807, 2.05) is 0 Å². The van der Waals surface area contributed by atoms with Crippen LogP contribution in [0.4, 0.5) is 4.39 Å². The second-order valence-electron chi connectivity index (χ2n) is 5.07. The molecule has 6 heteroatoms. The number of amides is 1. The van der Waals surface area contributed by atoms with E-state index in [9.17, 15) is 19.1 Å². The Bertz CT molecular complexity index is 516. The fourth-order valence-corrected chi connectivity index (χ4v) is 1.79. The third-order valence-electron chi connectivity index (χ3n) is 3.20. The first-order valence-electron chi connectivity index (χ1n) is 6.05. The summed E-state index contributed by atoms with van der Waals surface area (Å²) in [6.07, 6.45) is 4.07. The number of rotatable bonds is 5. The molecular weight excluding hydrogens is 251 g/mol. The lowest BCUT2D eigenvalue weighted by Gasteiger charge is -2.23. The second kappa shape index (κ2) is 4.95. The number of aliphatic carboxylic acids is 1. The number of nitrogens with zero attached hydrogens (tertiary/aromatic N) is 1. The first kappa shape index (κ1) is 13.5. The summed E-state index contributed by atoms with van der Waals surface area (Å²) in [6.45, 7) is 1.35. The molecule has 0 spiro atoms. The Morgan fingerprint density at radius 3 is 2.74 bits per heavy atom. The Morgan fingerprint density at radius 2 is 2.21 bits per heavy atom. The van der Waals surface area contributed by atoms with E-state index in [-0.39, 0.29) is 12.5 Å². The predicted molar refractivity (Wildman–Crippen MR) is 64.8 cm³/mol. The molecule has 1 fully saturated rings. The molecule has 19 heavy (non-hydrogen) atoms. The monoisotopic (exact) mass is 266 g/mol. The third kappa shape index (κ3) is 3.07. The highest BCUT2D eigenvalue weighted by molar-refractivity contribution is 6.02. The van der Waals surface area contributed by atoms with Crippen molar-refractivity contribution in [1.82, 2.24) is 10.3 Å². The van der Waals surface area contributed by atoms with Crippen LogP contribution in [0.3, 0.4) is 0 Å². The van der Waals surface area contributed by atoms with Crippen LogP contribution in [0.1, 0.15) is 25.3 Å². The molecule has 2 rings (SSSR count). The molecule has 0 aliphatic heterocycles. The van der Waals surface area contributed by atoms with Crippen molar-refractivity contribution in [2.75, 3.05) is 0 Å². The Kier molecular flexibility index (Phi) is 3.50. The van der Waals surface area contributed by atoms with Crippen molar-refractivity contribution in [2.45, 2.75) is 32.2 Å². The molecule has 1 aliphatic rings. The minimum absolute atomic E-state index is 0.0804. The maximum atomic E-state index is 13.1. The zero-order valence-corrected chi connectivity index (χ0v) is 10.5. The second-order valence-corrected chi connectivity index (χ2v) is 5.07. The van der Waals surface area contributed by atoms with E-state index in [1.54, 1.807) is 0 Å². The normalized spacial score (nSPS) is 17.6. The van der Waals surface area contributed by atoms with Crippen molar-refractivity contribution < 1.29 is 19.1 Å². The van der Waals surface area contributed by atoms with E-state index >= 15 is 0 Å². The van der Waals surface area contributed by atoms with Gasteiger partial charge < -0.3 is 10.4 Å². The number of halogens is 1. The minimum Gasteiger partial charge on any atom is -0.480 e. The van der Waals surface area contributed by atoms with Crippen LogP contribution in [0.25, 0.3) is 0 Å². The topological polar surface area (TPSA) is 79.3 Å². The summed E-state index contributed by atoms with van der Waals surface area (Å²) in [4.78, 5) is 27.1. The molecule has 0 saturated heterocycles. The van der Waals surface area contributed by atoms with E-state index in [4.69, 9.17) is 0 Å². The van der Waals surface area contributed by atoms with Crippen molar-refractivity contribution in [3.05, 3.63) is 29.8 Å². The molecule has 1 unspecified atom stereocenters. The van der Waals surface area contributed by atoms with Gasteiger partial charge in [0.05, 0.1) is 6.20 Å². The lowest BCUT2D eigenvalue weighted by atomic mass is 9.83. The summed E-state index contributed by atoms with van der Waals surface area (Å²) >= 11 is 0. The molecular formula is C13H15FN2O3. The van der Waals surface area contributed by atoms with Gasteiger partial charge in [0, 0.05) is 12.2 Å². The number of nitrogens with one attached hydrogen (secondary N) is 1. The standard InChI is InChI=1S/C13H15FN2O3/c1-13(12(18)19,11(17)16-10-2-3-10)5-8-4-9(14)7-15-6-8/h4,6-7,10H,2-3,5H2,1H3,(H,16,17)(H,18,19). The van der Waals surface area contributed by atoms with E-state index in [0.29, 0.717) is 5.56 Å². The van der Waals surface area contributed by atoms with Crippen LogP contribution in [0.15, 0.2) is 18.5 Å². The Morgan fingerprint density at radius 1 is 1.53 bits per heavy atom. The SMILES string of the molecule is CC(Cc1cncc(F)c1)(C(=O)O)C(=O)NC1CC1. The quantitative estimate of drug-likeness (QED) is 0.783. The molecule has 2 N–H and O–H groups in total. The highest BCUT2D eigenvalue weighted by Gasteiger charge is 2.43. The van der Waals surface area contributed by atoms with Gasteiger partial charge in [-0.05, 0) is 37.8 Å². The Labute approximate surface area is 109 Å². The average molecular weight is 266 g/mol. The van der Waals surface area contributed by atoms with E-state index < -0.39 is 23.1 Å². The summed E-state index contributed by atoms with van der Waals surface area (Å²) in [7, 11) is 0. The van der Waals surface area contributed by atoms with Gasteiger partial charge >= 0.3 is 5.97 Å². The van der Waals surface area contributed by atoms with Gasteiger partial charge in [0.1, 0.15) is 11.2 Å². The highest BCUT2D eigenvalue weighted by atomic mass is 19.1. The molecule has 1 saturated carbocycles. The molecule has 102 valence electrons. The van der Waals surface area contributed by atoms with Gasteiger partial charge in [-0.1, -0.05) is 0 Å². The molecule has 0 bridgehead atoms. The number of hydrogen-bond acceptors (Lipinski definition) is 3. The Hall–Kier alpha value is -1.98. The summed E-state index contributed by atoms with van der Waals surface area (Å²) < 4.78 is 13.1. The number of carboxylic acids is 1. The molecule has 1 aromatic rings. The summed E-state index contributed by atoms with van der Waals surface area (Å²) in [5, 5.41) is 12.0. The number of carbonyl (C=O) groups is 2. The number of carboxylic acid groups (broad SMARTS) is 1. The summed E-state index contributed by atoms with van der Waals surface area (Å²) in [5.74, 6) is -2.31. The number of pyridine rings is 1. The molecule has 5 nitrogen and oxygen atoms in total. The van der Waals surface area contributed by atoms with Gasteiger partial charge in [-0.2, -0.15) is 0 Å². The van der Waals surface area contributed by atoms with Gasteiger partial charge in [-0.15, -0.1) is 0 Å². The summed E-state index contributed by atoms with van der Waals surface area (Å²) in [6, 6.07) is 1.27. The van der Waals surface area contributed by atoms with Crippen LogP contribution in [0.2, 0.25) is 0 Å². The smallest absolute Gasteiger partial charge is 0.319 e. The van der Waals surface area contributed by atoms with Crippen LogP contribution in [-0.4, -0.2) is 28.0 Å². The fraction of sp³-hybridized carbons (Fsp3) is 0.462. The van der Waals surface area contributed by atoms with E-state index in [0.717, 1.165) is 19.0 Å². The van der Waals surface area contributed by atoms with Crippen LogP contribution < -0.4 is 5.32 Å². The molecule has 0 aromatic carbocycles. The third-order valence-corrected chi connectivity index (χ3v) is 3.20. The average Bonchev–Trinajstić information content (AvgIpc) is 3.12. The highest BCUT2D eigenvalue weighted by Crippen LogP contribution is 2.27. The van der Waals surface area contributed by atoms with Crippen molar-refractivity contribution in [1.29, 1.82) is 0 Å². The van der Waals surface area contributed by atoms with E-state index in [1.165, 1.54) is 19.2 Å². The summed E-state index contributed by atoms with van der Waals surface area (Å²) in [5.41, 5.74) is -1.23. The van der Waals surface area contributed by atoms with Gasteiger partial charge in [0.15, 0.2) is 0 Å². The predicted octanol–water partition coefficient (Wildman–Crippen LogP) is 1.13. The maximum Gasteiger partial charge on any atom is 0.319 e. The molecule has 1 aliphatic carbocycles. The van der Waals surface area contributed by atoms with Gasteiger partial charge in [0.2, 0.25) is 5.91 Å². The lowest BCUT2D eigenvalue weighted by molar-refractivity contribution is -0.154. The lowest BCUT2D eigenvalue weighted by Crippen LogP contribution is -2.46. The molecule has 0 radical (unpaired) electrons. The van der Waals surface area contributed by atoms with Crippen molar-refractivity contribution in [2.24, 2.45) is 5.41 Å². The van der Waals surface area contributed by atoms with E-state index in [2.05, 4.69) is 10.3 Å². The van der Waals surface area contributed by atoms with Gasteiger partial charge in [0.25, 0.3) is 0 Å². The maximum absolute atomic E-state index is 13.1. The number of carbonyl (C=O) groups excluding carboxylic acids is 1. The first-order valence-corrected chi connectivity index (χ1v) is 6.05. The zero-order chi connectivity index (χ0) is 14.0. The number of aromatic nitrogens is 1. The van der Waals surface area contributed by atoms with Gasteiger partial charge in [-0.3, -0.25) is 14.6 Å². The van der Waals surface area contributed by atoms with Crippen molar-refractivity contribution >= 4 is 11.9 Å². The first-order chi connectivity index (χ1) is 8.91. The molecule has 1 heterocycles. The van der Waals surface area contributed by atoms with Crippen LogP contribution in [0, 0.1) is 11.2 Å². The fourth-order valence-electron chi connectivity index (χ4n) is 1.79. The van der Waals surface area contributed by atoms with Gasteiger partial charge in [-0.25, -0.2) is 4.39 Å². The molecule has 1 aromatic heterocycles. The van der Waals surface area contributed by atoms with Crippen LogP contribution in [-0.2, 0) is 16.0 Å². The van der Waals surface area contributed by atoms with Crippen LogP contribution in [0.5, 0.6) is 0 Å². The Balaban J connectivity index is 2.18. The zero-order valence-electron chi connectivity index (χ0n) is 10.5.